The number of halogens is 1. The first-order valence-electron chi connectivity index (χ1n) is 10.1. The summed E-state index contributed by atoms with van der Waals surface area (Å²) in [6.07, 6.45) is 5.82. The van der Waals surface area contributed by atoms with Crippen LogP contribution in [0.4, 0.5) is 11.9 Å². The molecular formula is C20H29ClN6O. The van der Waals surface area contributed by atoms with Gasteiger partial charge in [-0.15, -0.1) is 10.2 Å². The molecule has 0 unspecified atom stereocenters. The molecule has 2 saturated heterocycles. The lowest BCUT2D eigenvalue weighted by molar-refractivity contribution is -0.0111. The lowest BCUT2D eigenvalue weighted by atomic mass is 9.90. The van der Waals surface area contributed by atoms with E-state index in [9.17, 15) is 0 Å². The number of nitrogens with one attached hydrogen (secondary N) is 1. The zero-order valence-corrected chi connectivity index (χ0v) is 17.1. The summed E-state index contributed by atoms with van der Waals surface area (Å²) in [4.78, 5) is 8.00. The van der Waals surface area contributed by atoms with Crippen molar-refractivity contribution < 1.29 is 4.74 Å². The molecule has 8 heteroatoms. The standard InChI is InChI=1S/C20H29ClN6O/c1-28-18-8-11-27(17(13-18)12-14-2-4-15(21)5-3-14)16-6-9-26(10-7-16)20-23-19(22)24-25-20/h2-5,16-18H,6-13H2,1H3,(H3,22,23,24,25)/t17-,18-/m0/s1. The van der Waals surface area contributed by atoms with E-state index in [1.807, 2.05) is 19.2 Å². The van der Waals surface area contributed by atoms with E-state index in [2.05, 4.69) is 37.1 Å². The number of nitrogen functional groups attached to an aromatic ring is 1. The average molecular weight is 405 g/mol. The van der Waals surface area contributed by atoms with E-state index >= 15 is 0 Å². The molecule has 2 aliphatic heterocycles. The zero-order valence-electron chi connectivity index (χ0n) is 16.4. The van der Waals surface area contributed by atoms with Crippen LogP contribution < -0.4 is 10.6 Å². The highest BCUT2D eigenvalue weighted by molar-refractivity contribution is 6.30. The van der Waals surface area contributed by atoms with Crippen molar-refractivity contribution >= 4 is 23.5 Å². The van der Waals surface area contributed by atoms with Crippen LogP contribution in [0.15, 0.2) is 24.3 Å². The largest absolute Gasteiger partial charge is 0.381 e. The minimum absolute atomic E-state index is 0.353. The summed E-state index contributed by atoms with van der Waals surface area (Å²) < 4.78 is 5.70. The molecule has 0 bridgehead atoms. The molecule has 3 N–H and O–H groups in total. The molecule has 1 aromatic carbocycles. The van der Waals surface area contributed by atoms with Crippen LogP contribution in [0.1, 0.15) is 31.2 Å². The summed E-state index contributed by atoms with van der Waals surface area (Å²) >= 11 is 6.06. The predicted octanol–water partition coefficient (Wildman–Crippen LogP) is 2.73. The Morgan fingerprint density at radius 2 is 1.89 bits per heavy atom. The first-order chi connectivity index (χ1) is 13.6. The Morgan fingerprint density at radius 3 is 2.54 bits per heavy atom. The van der Waals surface area contributed by atoms with Gasteiger partial charge >= 0.3 is 0 Å². The van der Waals surface area contributed by atoms with Crippen molar-refractivity contribution in [2.45, 2.75) is 50.3 Å². The summed E-state index contributed by atoms with van der Waals surface area (Å²) in [5, 5.41) is 8.80. The first kappa shape index (κ1) is 19.5. The van der Waals surface area contributed by atoms with Gasteiger partial charge in [0.1, 0.15) is 0 Å². The Hall–Kier alpha value is -1.83. The van der Waals surface area contributed by atoms with Gasteiger partial charge in [0.2, 0.25) is 11.9 Å². The van der Waals surface area contributed by atoms with E-state index in [1.165, 1.54) is 5.56 Å². The number of benzene rings is 1. The van der Waals surface area contributed by atoms with Gasteiger partial charge in [-0.05, 0) is 49.8 Å². The van der Waals surface area contributed by atoms with Crippen LogP contribution >= 0.6 is 11.6 Å². The van der Waals surface area contributed by atoms with Crippen molar-refractivity contribution in [1.29, 1.82) is 0 Å². The molecule has 2 aliphatic rings. The van der Waals surface area contributed by atoms with Crippen molar-refractivity contribution in [3.05, 3.63) is 34.9 Å². The Labute approximate surface area is 171 Å². The molecule has 0 radical (unpaired) electrons. The third-order valence-electron chi connectivity index (χ3n) is 6.16. The maximum absolute atomic E-state index is 6.06. The van der Waals surface area contributed by atoms with Gasteiger partial charge < -0.3 is 15.4 Å². The molecule has 4 rings (SSSR count). The average Bonchev–Trinajstić information content (AvgIpc) is 3.16. The first-order valence-corrected chi connectivity index (χ1v) is 10.5. The summed E-state index contributed by atoms with van der Waals surface area (Å²) in [6, 6.07) is 9.35. The van der Waals surface area contributed by atoms with E-state index in [0.717, 1.165) is 62.7 Å². The number of likely N-dealkylation sites (tertiary alicyclic amines) is 1. The van der Waals surface area contributed by atoms with Crippen molar-refractivity contribution in [2.75, 3.05) is 37.4 Å². The highest BCUT2D eigenvalue weighted by atomic mass is 35.5. The molecule has 1 aromatic heterocycles. The number of ether oxygens (including phenoxy) is 1. The van der Waals surface area contributed by atoms with Gasteiger partial charge in [0.25, 0.3) is 0 Å². The normalized spacial score (nSPS) is 24.6. The van der Waals surface area contributed by atoms with E-state index in [4.69, 9.17) is 22.1 Å². The van der Waals surface area contributed by atoms with Crippen molar-refractivity contribution in [1.82, 2.24) is 20.1 Å². The molecule has 2 atom stereocenters. The van der Waals surface area contributed by atoms with Gasteiger partial charge in [-0.3, -0.25) is 9.88 Å². The van der Waals surface area contributed by atoms with Crippen molar-refractivity contribution in [3.8, 4) is 0 Å². The Bertz CT molecular complexity index is 758. The molecular weight excluding hydrogens is 376 g/mol. The van der Waals surface area contributed by atoms with Crippen LogP contribution in [-0.2, 0) is 11.2 Å². The molecule has 0 saturated carbocycles. The molecule has 0 spiro atoms. The van der Waals surface area contributed by atoms with Crippen LogP contribution in [0, 0.1) is 0 Å². The SMILES string of the molecule is CO[C@H]1CCN(C2CCN(c3nnc(N)[nH]3)CC2)[C@@H](Cc2ccc(Cl)cc2)C1. The molecule has 2 aromatic rings. The van der Waals surface area contributed by atoms with Gasteiger partial charge in [-0.2, -0.15) is 0 Å². The Morgan fingerprint density at radius 1 is 1.14 bits per heavy atom. The summed E-state index contributed by atoms with van der Waals surface area (Å²) in [5.41, 5.74) is 7.01. The number of rotatable bonds is 5. The summed E-state index contributed by atoms with van der Waals surface area (Å²) in [6.45, 7) is 3.03. The van der Waals surface area contributed by atoms with E-state index < -0.39 is 0 Å². The van der Waals surface area contributed by atoms with Gasteiger partial charge in [-0.1, -0.05) is 23.7 Å². The van der Waals surface area contributed by atoms with Crippen molar-refractivity contribution in [2.24, 2.45) is 0 Å². The lowest BCUT2D eigenvalue weighted by Gasteiger charge is -2.46. The van der Waals surface area contributed by atoms with Crippen LogP contribution in [0.3, 0.4) is 0 Å². The molecule has 0 aliphatic carbocycles. The van der Waals surface area contributed by atoms with Crippen LogP contribution in [0.5, 0.6) is 0 Å². The number of methoxy groups -OCH3 is 1. The van der Waals surface area contributed by atoms with Crippen LogP contribution in [0.25, 0.3) is 0 Å². The van der Waals surface area contributed by atoms with E-state index in [1.54, 1.807) is 0 Å². The van der Waals surface area contributed by atoms with E-state index in [-0.39, 0.29) is 0 Å². The topological polar surface area (TPSA) is 83.3 Å². The number of piperidine rings is 2. The third kappa shape index (κ3) is 4.42. The third-order valence-corrected chi connectivity index (χ3v) is 6.41. The maximum Gasteiger partial charge on any atom is 0.226 e. The number of nitrogens with two attached hydrogens (primary N) is 1. The number of anilines is 2. The number of hydrogen-bond acceptors (Lipinski definition) is 6. The zero-order chi connectivity index (χ0) is 19.5. The highest BCUT2D eigenvalue weighted by Gasteiger charge is 2.35. The number of aromatic nitrogens is 3. The van der Waals surface area contributed by atoms with Gasteiger partial charge in [0.15, 0.2) is 0 Å². The van der Waals surface area contributed by atoms with Crippen molar-refractivity contribution in [3.63, 3.8) is 0 Å². The lowest BCUT2D eigenvalue weighted by Crippen LogP contribution is -2.54. The fraction of sp³-hybridized carbons (Fsp3) is 0.600. The molecule has 152 valence electrons. The summed E-state index contributed by atoms with van der Waals surface area (Å²) in [7, 11) is 1.83. The molecule has 2 fully saturated rings. The minimum atomic E-state index is 0.353. The number of H-pyrrole nitrogens is 1. The second kappa shape index (κ2) is 8.68. The predicted molar refractivity (Wildman–Crippen MR) is 112 cm³/mol. The highest BCUT2D eigenvalue weighted by Crippen LogP contribution is 2.29. The van der Waals surface area contributed by atoms with Gasteiger partial charge in [0.05, 0.1) is 6.10 Å². The van der Waals surface area contributed by atoms with Crippen LogP contribution in [0.2, 0.25) is 5.02 Å². The fourth-order valence-corrected chi connectivity index (χ4v) is 4.76. The molecule has 3 heterocycles. The fourth-order valence-electron chi connectivity index (χ4n) is 4.64. The number of nitrogens with zero attached hydrogens (tertiary/aromatic N) is 4. The quantitative estimate of drug-likeness (QED) is 0.797. The van der Waals surface area contributed by atoms with Gasteiger partial charge in [0, 0.05) is 43.9 Å². The molecule has 28 heavy (non-hydrogen) atoms. The Kier molecular flexibility index (Phi) is 6.04. The van der Waals surface area contributed by atoms with Gasteiger partial charge in [-0.25, -0.2) is 0 Å². The number of hydrogen-bond donors (Lipinski definition) is 2. The monoisotopic (exact) mass is 404 g/mol. The molecule has 7 nitrogen and oxygen atoms in total. The summed E-state index contributed by atoms with van der Waals surface area (Å²) in [5.74, 6) is 1.16. The number of aromatic amines is 1. The maximum atomic E-state index is 6.06. The van der Waals surface area contributed by atoms with E-state index in [0.29, 0.717) is 24.1 Å². The second-order valence-corrected chi connectivity index (χ2v) is 8.29. The molecule has 0 amide bonds. The smallest absolute Gasteiger partial charge is 0.226 e. The van der Waals surface area contributed by atoms with Crippen LogP contribution in [-0.4, -0.2) is 65.0 Å². The minimum Gasteiger partial charge on any atom is -0.381 e. The Balaban J connectivity index is 1.41. The second-order valence-electron chi connectivity index (χ2n) is 7.86.